The molecule has 3 aromatic rings. The summed E-state index contributed by atoms with van der Waals surface area (Å²) in [4.78, 5) is 0. The van der Waals surface area contributed by atoms with Gasteiger partial charge in [-0.15, -0.1) is 16.7 Å². The first-order valence-corrected chi connectivity index (χ1v) is 12.1. The van der Waals surface area contributed by atoms with Crippen LogP contribution in [0.3, 0.4) is 0 Å². The lowest BCUT2D eigenvalue weighted by Gasteiger charge is -2.27. The van der Waals surface area contributed by atoms with E-state index in [-0.39, 0.29) is 37.7 Å². The number of aromatic nitrogens is 3. The van der Waals surface area contributed by atoms with Gasteiger partial charge in [-0.25, -0.2) is 4.68 Å². The third-order valence-electron chi connectivity index (χ3n) is 5.43. The van der Waals surface area contributed by atoms with Gasteiger partial charge in [0.1, 0.15) is 42.6 Å². The molecule has 10 heteroatoms. The highest BCUT2D eigenvalue weighted by Gasteiger charge is 2.24. The minimum Gasteiger partial charge on any atom is -0.491 e. The van der Waals surface area contributed by atoms with Crippen molar-refractivity contribution in [2.24, 2.45) is 0 Å². The monoisotopic (exact) mass is 553 g/mol. The molecule has 184 valence electrons. The highest BCUT2D eigenvalue weighted by Crippen LogP contribution is 2.36. The fourth-order valence-electron chi connectivity index (χ4n) is 3.33. The number of alkyl halides is 1. The molecule has 0 aliphatic carbocycles. The predicted octanol–water partition coefficient (Wildman–Crippen LogP) is 3.28. The summed E-state index contributed by atoms with van der Waals surface area (Å²) in [6.07, 6.45) is 0.0987. The molecule has 2 aromatic carbocycles. The number of hydrogen-bond acceptors (Lipinski definition) is 7. The second-order valence-corrected chi connectivity index (χ2v) is 9.63. The second-order valence-electron chi connectivity index (χ2n) is 8.47. The fourth-order valence-corrected chi connectivity index (χ4v) is 3.92. The van der Waals surface area contributed by atoms with Gasteiger partial charge in [0.2, 0.25) is 0 Å². The van der Waals surface area contributed by atoms with Crippen molar-refractivity contribution in [1.82, 2.24) is 15.0 Å². The third kappa shape index (κ3) is 6.93. The van der Waals surface area contributed by atoms with Crippen molar-refractivity contribution in [3.05, 3.63) is 70.0 Å². The van der Waals surface area contributed by atoms with Crippen molar-refractivity contribution in [2.75, 3.05) is 19.1 Å². The number of ether oxygens (including phenoxy) is 2. The van der Waals surface area contributed by atoms with Crippen LogP contribution < -0.4 is 9.47 Å². The smallest absolute Gasteiger partial charge is 0.133 e. The second kappa shape index (κ2) is 12.0. The van der Waals surface area contributed by atoms with Crippen molar-refractivity contribution in [3.63, 3.8) is 0 Å². The first-order chi connectivity index (χ1) is 16.2. The maximum Gasteiger partial charge on any atom is 0.133 e. The van der Waals surface area contributed by atoms with Crippen LogP contribution in [0, 0.1) is 0 Å². The molecule has 34 heavy (non-hydrogen) atoms. The van der Waals surface area contributed by atoms with Crippen LogP contribution >= 0.6 is 27.5 Å². The Hall–Kier alpha value is -2.17. The van der Waals surface area contributed by atoms with E-state index >= 15 is 0 Å². The Bertz CT molecular complexity index is 1060. The van der Waals surface area contributed by atoms with Gasteiger partial charge in [0.05, 0.1) is 29.7 Å². The molecule has 0 spiro atoms. The molecule has 8 nitrogen and oxygen atoms in total. The largest absolute Gasteiger partial charge is 0.491 e. The zero-order chi connectivity index (χ0) is 24.7. The Morgan fingerprint density at radius 1 is 1.03 bits per heavy atom. The molecule has 0 aliphatic heterocycles. The quantitative estimate of drug-likeness (QED) is 0.295. The minimum atomic E-state index is -0.770. The van der Waals surface area contributed by atoms with Crippen LogP contribution in [0.1, 0.15) is 30.7 Å². The Morgan fingerprint density at radius 2 is 1.71 bits per heavy atom. The molecule has 0 aliphatic rings. The van der Waals surface area contributed by atoms with Crippen LogP contribution in [-0.2, 0) is 18.6 Å². The number of nitrogens with zero attached hydrogens (tertiary/aromatic N) is 3. The van der Waals surface area contributed by atoms with Crippen LogP contribution in [0.15, 0.2) is 53.1 Å². The van der Waals surface area contributed by atoms with Gasteiger partial charge in [0, 0.05) is 5.41 Å². The van der Waals surface area contributed by atoms with E-state index in [9.17, 15) is 10.2 Å². The van der Waals surface area contributed by atoms with Crippen LogP contribution in [0.4, 0.5) is 0 Å². The number of aliphatic hydroxyl groups excluding tert-OH is 3. The van der Waals surface area contributed by atoms with E-state index < -0.39 is 12.2 Å². The van der Waals surface area contributed by atoms with Crippen LogP contribution in [0.25, 0.3) is 0 Å². The van der Waals surface area contributed by atoms with Crippen LogP contribution in [0.2, 0.25) is 0 Å². The molecule has 0 unspecified atom stereocenters. The summed E-state index contributed by atoms with van der Waals surface area (Å²) in [5.74, 6) is 1.41. The molecule has 0 fully saturated rings. The molecule has 1 aromatic heterocycles. The first-order valence-electron chi connectivity index (χ1n) is 10.8. The van der Waals surface area contributed by atoms with Gasteiger partial charge in [-0.05, 0) is 51.3 Å². The molecule has 3 N–H and O–H groups in total. The third-order valence-corrected chi connectivity index (χ3v) is 6.40. The van der Waals surface area contributed by atoms with Gasteiger partial charge in [-0.2, -0.15) is 0 Å². The van der Waals surface area contributed by atoms with Crippen molar-refractivity contribution in [1.29, 1.82) is 0 Å². The van der Waals surface area contributed by atoms with E-state index in [1.807, 2.05) is 42.5 Å². The Labute approximate surface area is 212 Å². The zero-order valence-electron chi connectivity index (χ0n) is 19.1. The Kier molecular flexibility index (Phi) is 9.32. The Balaban J connectivity index is 1.59. The van der Waals surface area contributed by atoms with Crippen molar-refractivity contribution >= 4 is 27.5 Å². The molecule has 0 radical (unpaired) electrons. The average Bonchev–Trinajstić information content (AvgIpc) is 3.29. The van der Waals surface area contributed by atoms with Gasteiger partial charge in [-0.3, -0.25) is 0 Å². The summed E-state index contributed by atoms with van der Waals surface area (Å²) >= 11 is 9.17. The predicted molar refractivity (Wildman–Crippen MR) is 132 cm³/mol. The molecule has 1 heterocycles. The molecule has 0 saturated carbocycles. The zero-order valence-corrected chi connectivity index (χ0v) is 21.4. The van der Waals surface area contributed by atoms with Gasteiger partial charge in [0.15, 0.2) is 0 Å². The SMILES string of the molecule is CC(C)(c1ccc(OC[C@H](O)Cn2cc(CO)nn2)cc1)c1ccc(OC[C@H](O)CCl)c(Br)c1. The number of aliphatic hydroxyl groups is 3. The number of benzene rings is 2. The van der Waals surface area contributed by atoms with Gasteiger partial charge in [-0.1, -0.05) is 37.3 Å². The van der Waals surface area contributed by atoms with E-state index in [2.05, 4.69) is 40.1 Å². The molecule has 2 atom stereocenters. The van der Waals surface area contributed by atoms with E-state index in [0.717, 1.165) is 15.6 Å². The summed E-state index contributed by atoms with van der Waals surface area (Å²) in [6.45, 7) is 4.52. The maximum absolute atomic E-state index is 10.2. The van der Waals surface area contributed by atoms with Gasteiger partial charge < -0.3 is 24.8 Å². The number of hydrogen-bond donors (Lipinski definition) is 3. The standard InChI is InChI=1S/C24H29BrClN3O5/c1-24(2,17-5-8-23(22(25)9-17)34-14-19(31)10-26)16-3-6-21(7-4-16)33-15-20(32)12-29-11-18(13-30)27-28-29/h3-9,11,19-20,30-32H,10,12-15H2,1-2H3/t19-,20-/m1/s1. The highest BCUT2D eigenvalue weighted by atomic mass is 79.9. The molecule has 0 saturated heterocycles. The Morgan fingerprint density at radius 3 is 2.32 bits per heavy atom. The van der Waals surface area contributed by atoms with Crippen molar-refractivity contribution in [3.8, 4) is 11.5 Å². The molecular weight excluding hydrogens is 526 g/mol. The topological polar surface area (TPSA) is 110 Å². The molecule has 0 amide bonds. The van der Waals surface area contributed by atoms with Crippen LogP contribution in [-0.4, -0.2) is 61.6 Å². The lowest BCUT2D eigenvalue weighted by Crippen LogP contribution is -2.24. The average molecular weight is 555 g/mol. The van der Waals surface area contributed by atoms with Gasteiger partial charge in [0.25, 0.3) is 0 Å². The first kappa shape index (κ1) is 26.4. The fraction of sp³-hybridized carbons (Fsp3) is 0.417. The summed E-state index contributed by atoms with van der Waals surface area (Å²) in [7, 11) is 0. The lowest BCUT2D eigenvalue weighted by molar-refractivity contribution is 0.0888. The van der Waals surface area contributed by atoms with Crippen molar-refractivity contribution < 1.29 is 24.8 Å². The molecule has 3 rings (SSSR count). The number of halogens is 2. The molecular formula is C24H29BrClN3O5. The van der Waals surface area contributed by atoms with E-state index in [0.29, 0.717) is 17.2 Å². The van der Waals surface area contributed by atoms with Crippen molar-refractivity contribution in [2.45, 2.75) is 44.6 Å². The van der Waals surface area contributed by atoms with Gasteiger partial charge >= 0.3 is 0 Å². The summed E-state index contributed by atoms with van der Waals surface area (Å²) in [6, 6.07) is 13.6. The summed E-state index contributed by atoms with van der Waals surface area (Å²) < 4.78 is 13.6. The normalized spacial score (nSPS) is 13.5. The van der Waals surface area contributed by atoms with E-state index in [4.69, 9.17) is 26.2 Å². The molecule has 0 bridgehead atoms. The lowest BCUT2D eigenvalue weighted by atomic mass is 9.78. The summed E-state index contributed by atoms with van der Waals surface area (Å²) in [5.41, 5.74) is 2.35. The number of rotatable bonds is 12. The van der Waals surface area contributed by atoms with Crippen LogP contribution in [0.5, 0.6) is 11.5 Å². The summed E-state index contributed by atoms with van der Waals surface area (Å²) in [5, 5.41) is 36.5. The highest BCUT2D eigenvalue weighted by molar-refractivity contribution is 9.10. The van der Waals surface area contributed by atoms with E-state index in [1.165, 1.54) is 4.68 Å². The van der Waals surface area contributed by atoms with E-state index in [1.54, 1.807) is 6.20 Å². The maximum atomic E-state index is 10.2. The minimum absolute atomic E-state index is 0.101.